The molecule has 0 heterocycles. The number of nitrogens with one attached hydrogen (secondary N) is 1. The molecule has 5 nitrogen and oxygen atoms in total. The number of carbonyl (C=O) groups excluding carboxylic acids is 1. The maximum atomic E-state index is 13.4. The first-order valence-electron chi connectivity index (χ1n) is 4.93. The van der Waals surface area contributed by atoms with E-state index >= 15 is 0 Å². The summed E-state index contributed by atoms with van der Waals surface area (Å²) in [4.78, 5) is 22.3. The Morgan fingerprint density at radius 3 is 2.26 bits per heavy atom. The van der Waals surface area contributed by atoms with Crippen molar-refractivity contribution in [3.63, 3.8) is 0 Å². The van der Waals surface area contributed by atoms with E-state index in [0.29, 0.717) is 0 Å². The van der Waals surface area contributed by atoms with Gasteiger partial charge in [0.2, 0.25) is 5.91 Å². The van der Waals surface area contributed by atoms with E-state index < -0.39 is 40.8 Å². The first-order valence-corrected chi connectivity index (χ1v) is 4.93. The molecule has 0 aliphatic rings. The Balaban J connectivity index is 3.47. The normalized spacial score (nSPS) is 11.6. The Labute approximate surface area is 105 Å². The van der Waals surface area contributed by atoms with E-state index in [1.165, 1.54) is 17.6 Å². The zero-order valence-corrected chi connectivity index (χ0v) is 9.36. The number of hydrazine groups is 1. The smallest absolute Gasteiger partial charge is 0.336 e. The van der Waals surface area contributed by atoms with Crippen molar-refractivity contribution < 1.29 is 27.9 Å². The van der Waals surface area contributed by atoms with Gasteiger partial charge in [0.1, 0.15) is 5.92 Å². The SMILES string of the molecule is NNC(=O)C(C(F)=C(F)F)c1ccccc1C(=O)O. The second kappa shape index (κ2) is 6.01. The monoisotopic (exact) mass is 274 g/mol. The Hall–Kier alpha value is -2.35. The van der Waals surface area contributed by atoms with Crippen molar-refractivity contribution >= 4 is 11.9 Å². The highest BCUT2D eigenvalue weighted by molar-refractivity contribution is 5.94. The average molecular weight is 274 g/mol. The summed E-state index contributed by atoms with van der Waals surface area (Å²) in [5.41, 5.74) is 0.647. The molecular weight excluding hydrogens is 265 g/mol. The van der Waals surface area contributed by atoms with Crippen molar-refractivity contribution in [2.45, 2.75) is 5.92 Å². The number of benzene rings is 1. The van der Waals surface area contributed by atoms with Gasteiger partial charge in [-0.2, -0.15) is 8.78 Å². The van der Waals surface area contributed by atoms with Gasteiger partial charge < -0.3 is 5.11 Å². The van der Waals surface area contributed by atoms with Gasteiger partial charge in [0.25, 0.3) is 0 Å². The standard InChI is InChI=1S/C11H9F3N2O3/c12-8(9(13)14)7(10(17)16-15)5-3-1-2-4-6(5)11(18)19/h1-4,7H,15H2,(H,16,17)(H,18,19). The zero-order chi connectivity index (χ0) is 14.6. The zero-order valence-electron chi connectivity index (χ0n) is 9.36. The highest BCUT2D eigenvalue weighted by atomic mass is 19.3. The highest BCUT2D eigenvalue weighted by Gasteiger charge is 2.31. The minimum absolute atomic E-state index is 0.414. The molecule has 0 radical (unpaired) electrons. The first-order chi connectivity index (χ1) is 8.90. The minimum atomic E-state index is -2.71. The molecular formula is C11H9F3N2O3. The average Bonchev–Trinajstić information content (AvgIpc) is 2.38. The molecule has 0 aliphatic carbocycles. The number of aromatic carboxylic acids is 1. The van der Waals surface area contributed by atoms with E-state index in [4.69, 9.17) is 10.9 Å². The lowest BCUT2D eigenvalue weighted by molar-refractivity contribution is -0.122. The third kappa shape index (κ3) is 3.10. The fourth-order valence-corrected chi connectivity index (χ4v) is 1.53. The molecule has 1 amide bonds. The van der Waals surface area contributed by atoms with Crippen LogP contribution in [-0.2, 0) is 4.79 Å². The molecule has 0 aliphatic heterocycles. The Morgan fingerprint density at radius 2 is 1.79 bits per heavy atom. The van der Waals surface area contributed by atoms with Crippen LogP contribution >= 0.6 is 0 Å². The van der Waals surface area contributed by atoms with Crippen LogP contribution in [0.1, 0.15) is 21.8 Å². The molecule has 1 aromatic carbocycles. The molecule has 1 unspecified atom stereocenters. The van der Waals surface area contributed by atoms with Gasteiger partial charge in [-0.25, -0.2) is 15.0 Å². The van der Waals surface area contributed by atoms with Crippen LogP contribution in [0.15, 0.2) is 36.2 Å². The van der Waals surface area contributed by atoms with E-state index in [1.54, 1.807) is 0 Å². The second-order valence-corrected chi connectivity index (χ2v) is 3.44. The van der Waals surface area contributed by atoms with Crippen molar-refractivity contribution in [2.24, 2.45) is 5.84 Å². The summed E-state index contributed by atoms with van der Waals surface area (Å²) >= 11 is 0. The number of hydrogen-bond acceptors (Lipinski definition) is 3. The summed E-state index contributed by atoms with van der Waals surface area (Å²) in [6.07, 6.45) is -2.71. The molecule has 1 atom stereocenters. The van der Waals surface area contributed by atoms with Crippen LogP contribution in [0.2, 0.25) is 0 Å². The summed E-state index contributed by atoms with van der Waals surface area (Å²) in [7, 11) is 0. The predicted octanol–water partition coefficient (Wildman–Crippen LogP) is 1.54. The minimum Gasteiger partial charge on any atom is -0.478 e. The lowest BCUT2D eigenvalue weighted by Gasteiger charge is -2.15. The fourth-order valence-electron chi connectivity index (χ4n) is 1.53. The largest absolute Gasteiger partial charge is 0.478 e. The Morgan fingerprint density at radius 1 is 1.21 bits per heavy atom. The van der Waals surface area contributed by atoms with Crippen molar-refractivity contribution in [1.82, 2.24) is 5.43 Å². The number of amides is 1. The molecule has 0 saturated carbocycles. The molecule has 0 aromatic heterocycles. The van der Waals surface area contributed by atoms with E-state index in [2.05, 4.69) is 0 Å². The molecule has 0 bridgehead atoms. The Bertz CT molecular complexity index is 542. The first kappa shape index (κ1) is 14.7. The van der Waals surface area contributed by atoms with Gasteiger partial charge in [0.05, 0.1) is 5.56 Å². The van der Waals surface area contributed by atoms with Gasteiger partial charge >= 0.3 is 12.0 Å². The van der Waals surface area contributed by atoms with E-state index in [-0.39, 0.29) is 0 Å². The van der Waals surface area contributed by atoms with Gasteiger partial charge in [0, 0.05) is 0 Å². The summed E-state index contributed by atoms with van der Waals surface area (Å²) in [5, 5.41) is 8.90. The van der Waals surface area contributed by atoms with Crippen LogP contribution in [-0.4, -0.2) is 17.0 Å². The molecule has 0 saturated heterocycles. The van der Waals surface area contributed by atoms with Crippen LogP contribution in [0.5, 0.6) is 0 Å². The predicted molar refractivity (Wildman–Crippen MR) is 58.8 cm³/mol. The molecule has 0 spiro atoms. The number of halogens is 3. The topological polar surface area (TPSA) is 92.4 Å². The summed E-state index contributed by atoms with van der Waals surface area (Å²) in [5.74, 6) is -2.11. The molecule has 0 fully saturated rings. The quantitative estimate of drug-likeness (QED) is 0.441. The second-order valence-electron chi connectivity index (χ2n) is 3.44. The molecule has 19 heavy (non-hydrogen) atoms. The lowest BCUT2D eigenvalue weighted by atomic mass is 9.92. The summed E-state index contributed by atoms with van der Waals surface area (Å²) in [6, 6.07) is 4.74. The van der Waals surface area contributed by atoms with Gasteiger partial charge in [-0.05, 0) is 11.6 Å². The molecule has 1 rings (SSSR count). The van der Waals surface area contributed by atoms with Crippen LogP contribution in [0.3, 0.4) is 0 Å². The fraction of sp³-hybridized carbons (Fsp3) is 0.0909. The summed E-state index contributed by atoms with van der Waals surface area (Å²) in [6.45, 7) is 0. The molecule has 102 valence electrons. The van der Waals surface area contributed by atoms with Crippen molar-refractivity contribution in [2.75, 3.05) is 0 Å². The number of rotatable bonds is 4. The van der Waals surface area contributed by atoms with E-state index in [0.717, 1.165) is 12.1 Å². The van der Waals surface area contributed by atoms with Crippen LogP contribution in [0.4, 0.5) is 13.2 Å². The van der Waals surface area contributed by atoms with Gasteiger partial charge in [-0.3, -0.25) is 10.2 Å². The molecule has 1 aromatic rings. The number of carboxylic acid groups (broad SMARTS) is 1. The lowest BCUT2D eigenvalue weighted by Crippen LogP contribution is -2.35. The van der Waals surface area contributed by atoms with E-state index in [1.807, 2.05) is 0 Å². The summed E-state index contributed by atoms with van der Waals surface area (Å²) < 4.78 is 38.0. The van der Waals surface area contributed by atoms with Gasteiger partial charge in [-0.1, -0.05) is 18.2 Å². The van der Waals surface area contributed by atoms with Gasteiger partial charge in [0.15, 0.2) is 5.83 Å². The maximum Gasteiger partial charge on any atom is 0.336 e. The van der Waals surface area contributed by atoms with Crippen LogP contribution in [0.25, 0.3) is 0 Å². The van der Waals surface area contributed by atoms with Crippen molar-refractivity contribution in [1.29, 1.82) is 0 Å². The third-order valence-corrected chi connectivity index (χ3v) is 2.34. The molecule has 4 N–H and O–H groups in total. The highest BCUT2D eigenvalue weighted by Crippen LogP contribution is 2.31. The van der Waals surface area contributed by atoms with Crippen molar-refractivity contribution in [3.05, 3.63) is 47.3 Å². The third-order valence-electron chi connectivity index (χ3n) is 2.34. The van der Waals surface area contributed by atoms with Gasteiger partial charge in [-0.15, -0.1) is 0 Å². The number of carbonyl (C=O) groups is 2. The van der Waals surface area contributed by atoms with Crippen molar-refractivity contribution in [3.8, 4) is 0 Å². The number of hydrogen-bond donors (Lipinski definition) is 3. The Kier molecular flexibility index (Phi) is 4.65. The van der Waals surface area contributed by atoms with E-state index in [9.17, 15) is 22.8 Å². The molecule has 8 heteroatoms. The number of carboxylic acids is 1. The maximum absolute atomic E-state index is 13.4. The van der Waals surface area contributed by atoms with Crippen LogP contribution < -0.4 is 11.3 Å². The van der Waals surface area contributed by atoms with Crippen LogP contribution in [0, 0.1) is 0 Å². The number of nitrogens with two attached hydrogens (primary N) is 1.